The van der Waals surface area contributed by atoms with Gasteiger partial charge in [0.15, 0.2) is 5.96 Å². The fourth-order valence-electron chi connectivity index (χ4n) is 4.14. The number of rotatable bonds is 5. The number of likely N-dealkylation sites (tertiary alicyclic amines) is 2. The molecule has 29 heavy (non-hydrogen) atoms. The summed E-state index contributed by atoms with van der Waals surface area (Å²) in [5.41, 5.74) is -0.435. The van der Waals surface area contributed by atoms with Gasteiger partial charge in [0.05, 0.1) is 0 Å². The van der Waals surface area contributed by atoms with E-state index in [1.165, 1.54) is 6.42 Å². The van der Waals surface area contributed by atoms with E-state index in [1.54, 1.807) is 0 Å². The summed E-state index contributed by atoms with van der Waals surface area (Å²) < 4.78 is 5.53. The summed E-state index contributed by atoms with van der Waals surface area (Å²) >= 11 is 0. The second kappa shape index (κ2) is 11.0. The van der Waals surface area contributed by atoms with E-state index in [4.69, 9.17) is 4.74 Å². The van der Waals surface area contributed by atoms with Gasteiger partial charge in [0.2, 0.25) is 0 Å². The zero-order valence-corrected chi connectivity index (χ0v) is 19.5. The summed E-state index contributed by atoms with van der Waals surface area (Å²) in [6, 6.07) is 1.12. The molecule has 1 amide bonds. The Morgan fingerprint density at radius 3 is 2.45 bits per heavy atom. The van der Waals surface area contributed by atoms with Crippen LogP contribution in [-0.2, 0) is 4.74 Å². The summed E-state index contributed by atoms with van der Waals surface area (Å²) in [6.45, 7) is 15.0. The Hall–Kier alpha value is -1.50. The Bertz CT molecular complexity index is 536. The monoisotopic (exact) mass is 409 g/mol. The van der Waals surface area contributed by atoms with Crippen LogP contribution >= 0.6 is 0 Å². The molecule has 1 atom stereocenters. The number of hydrogen-bond acceptors (Lipinski definition) is 4. The van der Waals surface area contributed by atoms with Crippen molar-refractivity contribution in [3.8, 4) is 0 Å². The molecule has 0 aromatic rings. The second-order valence-electron chi connectivity index (χ2n) is 9.77. The highest BCUT2D eigenvalue weighted by atomic mass is 16.6. The SMILES string of the molecule is CN=C(NCCC1CCCN(C(=O)OC(C)(C)C)C1)NC1CCN(C(C)C)CC1. The summed E-state index contributed by atoms with van der Waals surface area (Å²) in [6.07, 6.45) is 5.39. The highest BCUT2D eigenvalue weighted by Gasteiger charge is 2.27. The standard InChI is InChI=1S/C22H43N5O2/c1-17(2)26-14-10-19(11-15-26)25-20(23-6)24-12-9-18-8-7-13-27(16-18)21(28)29-22(3,4)5/h17-19H,7-16H2,1-6H3,(H2,23,24,25). The lowest BCUT2D eigenvalue weighted by molar-refractivity contribution is 0.0162. The van der Waals surface area contributed by atoms with Gasteiger partial charge in [0, 0.05) is 51.9 Å². The fraction of sp³-hybridized carbons (Fsp3) is 0.909. The van der Waals surface area contributed by atoms with Crippen LogP contribution in [0.15, 0.2) is 4.99 Å². The van der Waals surface area contributed by atoms with E-state index in [2.05, 4.69) is 34.4 Å². The molecule has 1 unspecified atom stereocenters. The van der Waals surface area contributed by atoms with Crippen LogP contribution in [0.1, 0.15) is 66.7 Å². The van der Waals surface area contributed by atoms with Crippen LogP contribution in [0, 0.1) is 5.92 Å². The van der Waals surface area contributed by atoms with Crippen molar-refractivity contribution in [2.45, 2.75) is 84.4 Å². The summed E-state index contributed by atoms with van der Waals surface area (Å²) in [7, 11) is 1.84. The van der Waals surface area contributed by atoms with Crippen LogP contribution in [-0.4, -0.2) is 79.3 Å². The lowest BCUT2D eigenvalue weighted by Crippen LogP contribution is -2.50. The zero-order valence-electron chi connectivity index (χ0n) is 19.5. The molecule has 0 radical (unpaired) electrons. The predicted octanol–water partition coefficient (Wildman–Crippen LogP) is 3.06. The third-order valence-electron chi connectivity index (χ3n) is 5.84. The van der Waals surface area contributed by atoms with Gasteiger partial charge >= 0.3 is 6.09 Å². The average molecular weight is 410 g/mol. The Kier molecular flexibility index (Phi) is 9.05. The Labute approximate surface area is 177 Å². The Morgan fingerprint density at radius 1 is 1.17 bits per heavy atom. The molecule has 2 fully saturated rings. The van der Waals surface area contributed by atoms with Gasteiger partial charge in [0.1, 0.15) is 5.60 Å². The van der Waals surface area contributed by atoms with Gasteiger partial charge in [-0.15, -0.1) is 0 Å². The first-order valence-corrected chi connectivity index (χ1v) is 11.4. The number of carbonyl (C=O) groups is 1. The number of nitrogens with zero attached hydrogens (tertiary/aromatic N) is 3. The van der Waals surface area contributed by atoms with Crippen LogP contribution in [0.5, 0.6) is 0 Å². The summed E-state index contributed by atoms with van der Waals surface area (Å²) in [4.78, 5) is 21.1. The molecule has 2 N–H and O–H groups in total. The van der Waals surface area contributed by atoms with Gasteiger partial charge in [-0.3, -0.25) is 4.99 Å². The number of nitrogens with one attached hydrogen (secondary N) is 2. The third-order valence-corrected chi connectivity index (χ3v) is 5.84. The predicted molar refractivity (Wildman–Crippen MR) is 119 cm³/mol. The van der Waals surface area contributed by atoms with E-state index in [0.717, 1.165) is 64.4 Å². The van der Waals surface area contributed by atoms with Crippen molar-refractivity contribution in [1.82, 2.24) is 20.4 Å². The van der Waals surface area contributed by atoms with Crippen LogP contribution in [0.25, 0.3) is 0 Å². The van der Waals surface area contributed by atoms with Gasteiger partial charge in [-0.25, -0.2) is 4.79 Å². The highest BCUT2D eigenvalue weighted by Crippen LogP contribution is 2.21. The maximum Gasteiger partial charge on any atom is 0.410 e. The quantitative estimate of drug-likeness (QED) is 0.539. The minimum absolute atomic E-state index is 0.180. The van der Waals surface area contributed by atoms with Crippen LogP contribution in [0.2, 0.25) is 0 Å². The fourth-order valence-corrected chi connectivity index (χ4v) is 4.14. The molecule has 2 rings (SSSR count). The molecule has 0 aliphatic carbocycles. The second-order valence-corrected chi connectivity index (χ2v) is 9.77. The molecular formula is C22H43N5O2. The minimum atomic E-state index is -0.435. The molecule has 0 aromatic carbocycles. The molecular weight excluding hydrogens is 366 g/mol. The summed E-state index contributed by atoms with van der Waals surface area (Å²) in [5.74, 6) is 1.41. The molecule has 0 aromatic heterocycles. The number of aliphatic imine (C=N–C) groups is 1. The third kappa shape index (κ3) is 8.41. The number of piperidine rings is 2. The van der Waals surface area contributed by atoms with E-state index in [-0.39, 0.29) is 6.09 Å². The van der Waals surface area contributed by atoms with E-state index in [1.807, 2.05) is 32.7 Å². The van der Waals surface area contributed by atoms with Gasteiger partial charge in [-0.2, -0.15) is 0 Å². The van der Waals surface area contributed by atoms with Crippen molar-refractivity contribution in [2.75, 3.05) is 39.8 Å². The van der Waals surface area contributed by atoms with Gasteiger partial charge < -0.3 is 25.2 Å². The molecule has 2 aliphatic heterocycles. The first-order chi connectivity index (χ1) is 13.7. The lowest BCUT2D eigenvalue weighted by atomic mass is 9.95. The molecule has 168 valence electrons. The Morgan fingerprint density at radius 2 is 1.86 bits per heavy atom. The van der Waals surface area contributed by atoms with Crippen LogP contribution < -0.4 is 10.6 Å². The molecule has 2 aliphatic rings. The number of carbonyl (C=O) groups excluding carboxylic acids is 1. The van der Waals surface area contributed by atoms with Crippen molar-refractivity contribution in [2.24, 2.45) is 10.9 Å². The zero-order chi connectivity index (χ0) is 21.4. The Balaban J connectivity index is 1.69. The van der Waals surface area contributed by atoms with Crippen LogP contribution in [0.3, 0.4) is 0 Å². The maximum absolute atomic E-state index is 12.3. The summed E-state index contributed by atoms with van der Waals surface area (Å²) in [5, 5.41) is 7.05. The maximum atomic E-state index is 12.3. The van der Waals surface area contributed by atoms with E-state index in [0.29, 0.717) is 18.0 Å². The van der Waals surface area contributed by atoms with Crippen molar-refractivity contribution >= 4 is 12.1 Å². The minimum Gasteiger partial charge on any atom is -0.444 e. The van der Waals surface area contributed by atoms with Gasteiger partial charge in [-0.05, 0) is 72.6 Å². The average Bonchev–Trinajstić information content (AvgIpc) is 2.66. The molecule has 2 heterocycles. The normalized spacial score (nSPS) is 22.7. The van der Waals surface area contributed by atoms with Crippen molar-refractivity contribution in [3.05, 3.63) is 0 Å². The van der Waals surface area contributed by atoms with E-state index >= 15 is 0 Å². The number of hydrogen-bond donors (Lipinski definition) is 2. The van der Waals surface area contributed by atoms with E-state index < -0.39 is 5.60 Å². The van der Waals surface area contributed by atoms with E-state index in [9.17, 15) is 4.79 Å². The van der Waals surface area contributed by atoms with Crippen molar-refractivity contribution in [1.29, 1.82) is 0 Å². The molecule has 0 saturated carbocycles. The molecule has 0 spiro atoms. The largest absolute Gasteiger partial charge is 0.444 e. The number of ether oxygens (including phenoxy) is 1. The molecule has 7 nitrogen and oxygen atoms in total. The highest BCUT2D eigenvalue weighted by molar-refractivity contribution is 5.79. The molecule has 7 heteroatoms. The molecule has 2 saturated heterocycles. The lowest BCUT2D eigenvalue weighted by Gasteiger charge is -2.35. The smallest absolute Gasteiger partial charge is 0.410 e. The number of guanidine groups is 1. The topological polar surface area (TPSA) is 69.2 Å². The van der Waals surface area contributed by atoms with Crippen molar-refractivity contribution in [3.63, 3.8) is 0 Å². The van der Waals surface area contributed by atoms with Gasteiger partial charge in [0.25, 0.3) is 0 Å². The van der Waals surface area contributed by atoms with Crippen molar-refractivity contribution < 1.29 is 9.53 Å². The van der Waals surface area contributed by atoms with Gasteiger partial charge in [-0.1, -0.05) is 0 Å². The first-order valence-electron chi connectivity index (χ1n) is 11.4. The molecule has 0 bridgehead atoms. The first kappa shape index (κ1) is 23.8. The van der Waals surface area contributed by atoms with Crippen LogP contribution in [0.4, 0.5) is 4.79 Å². The number of amides is 1.